The summed E-state index contributed by atoms with van der Waals surface area (Å²) in [5.41, 5.74) is 2.94. The number of carbonyl (C=O) groups is 1. The first kappa shape index (κ1) is 12.0. The van der Waals surface area contributed by atoms with E-state index in [1.165, 1.54) is 0 Å². The second kappa shape index (κ2) is 4.90. The quantitative estimate of drug-likeness (QED) is 0.662. The van der Waals surface area contributed by atoms with Crippen molar-refractivity contribution < 1.29 is 9.21 Å². The van der Waals surface area contributed by atoms with Crippen molar-refractivity contribution in [3.8, 4) is 22.5 Å². The number of benzene rings is 1. The van der Waals surface area contributed by atoms with Crippen molar-refractivity contribution in [3.63, 3.8) is 0 Å². The molecule has 3 heteroatoms. The molecular weight excluding hydrogens is 260 g/mol. The summed E-state index contributed by atoms with van der Waals surface area (Å²) in [6, 6.07) is 17.7. The van der Waals surface area contributed by atoms with Gasteiger partial charge in [0, 0.05) is 11.1 Å². The monoisotopic (exact) mass is 270 g/mol. The van der Waals surface area contributed by atoms with Gasteiger partial charge in [-0.2, -0.15) is 0 Å². The molecule has 94 valence electrons. The third-order valence-electron chi connectivity index (χ3n) is 3.03. The fraction of sp³-hybridized carbons (Fsp3) is 0.0625. The van der Waals surface area contributed by atoms with Gasteiger partial charge in [-0.3, -0.25) is 4.79 Å². The van der Waals surface area contributed by atoms with Gasteiger partial charge in [-0.15, -0.1) is 0 Å². The Morgan fingerprint density at radius 1 is 1.00 bits per heavy atom. The Labute approximate surface area is 116 Å². The van der Waals surface area contributed by atoms with E-state index in [2.05, 4.69) is 0 Å². The number of carbonyl (C=O) groups excluding carboxylic acids is 1. The number of halogens is 1. The molecule has 0 bridgehead atoms. The molecule has 3 rings (SSSR count). The first-order valence-corrected chi connectivity index (χ1v) is 6.37. The van der Waals surface area contributed by atoms with E-state index in [1.54, 1.807) is 0 Å². The Bertz CT molecular complexity index is 685. The molecule has 0 aromatic heterocycles. The van der Waals surface area contributed by atoms with Crippen LogP contribution < -0.4 is 0 Å². The van der Waals surface area contributed by atoms with Crippen LogP contribution in [-0.4, -0.2) is 5.24 Å². The van der Waals surface area contributed by atoms with Gasteiger partial charge in [-0.25, -0.2) is 0 Å². The standard InChI is InChI=1S/C16H11ClO2/c17-16(18)10-15-13(11-5-2-1-3-6-11)9-12-7-4-8-14(12)19-15/h1-9H,10H2. The van der Waals surface area contributed by atoms with Crippen LogP contribution in [-0.2, 0) is 11.2 Å². The van der Waals surface area contributed by atoms with Crippen molar-refractivity contribution in [3.05, 3.63) is 60.4 Å². The largest absolute Gasteiger partial charge is 0.460 e. The average molecular weight is 271 g/mol. The van der Waals surface area contributed by atoms with Crippen molar-refractivity contribution in [2.75, 3.05) is 0 Å². The maximum Gasteiger partial charge on any atom is 0.229 e. The molecule has 2 nitrogen and oxygen atoms in total. The van der Waals surface area contributed by atoms with E-state index < -0.39 is 5.24 Å². The molecule has 1 aliphatic carbocycles. The molecular formula is C16H11ClO2. The Balaban J connectivity index is 2.20. The minimum atomic E-state index is -0.424. The molecule has 0 saturated carbocycles. The maximum atomic E-state index is 11.2. The lowest BCUT2D eigenvalue weighted by atomic mass is 10.0. The van der Waals surface area contributed by atoms with Gasteiger partial charge in [0.1, 0.15) is 11.5 Å². The van der Waals surface area contributed by atoms with Crippen LogP contribution in [0.1, 0.15) is 5.76 Å². The van der Waals surface area contributed by atoms with Crippen LogP contribution in [0.15, 0.2) is 59.0 Å². The zero-order valence-corrected chi connectivity index (χ0v) is 10.9. The zero-order chi connectivity index (χ0) is 13.2. The summed E-state index contributed by atoms with van der Waals surface area (Å²) in [5.74, 6) is 1.37. The molecule has 1 aromatic carbocycles. The van der Waals surface area contributed by atoms with Gasteiger partial charge >= 0.3 is 0 Å². The van der Waals surface area contributed by atoms with Gasteiger partial charge in [0.15, 0.2) is 0 Å². The number of hydrogen-bond donors (Lipinski definition) is 0. The van der Waals surface area contributed by atoms with E-state index in [9.17, 15) is 4.79 Å². The highest BCUT2D eigenvalue weighted by Crippen LogP contribution is 2.33. The van der Waals surface area contributed by atoms with Crippen molar-refractivity contribution in [2.24, 2.45) is 0 Å². The molecule has 0 saturated heterocycles. The summed E-state index contributed by atoms with van der Waals surface area (Å²) in [6.07, 6.45) is 0.0902. The smallest absolute Gasteiger partial charge is 0.229 e. The van der Waals surface area contributed by atoms with Crippen molar-refractivity contribution in [2.45, 2.75) is 6.42 Å². The first-order valence-electron chi connectivity index (χ1n) is 5.99. The number of fused-ring (bicyclic) bond motifs is 1. The van der Waals surface area contributed by atoms with Gasteiger partial charge < -0.3 is 4.42 Å². The first-order chi connectivity index (χ1) is 9.24. The van der Waals surface area contributed by atoms with Gasteiger partial charge in [0.2, 0.25) is 5.24 Å². The zero-order valence-electron chi connectivity index (χ0n) is 10.1. The molecule has 1 aliphatic heterocycles. The van der Waals surface area contributed by atoms with Crippen molar-refractivity contribution in [1.29, 1.82) is 0 Å². The topological polar surface area (TPSA) is 30.2 Å². The maximum absolute atomic E-state index is 11.2. The van der Waals surface area contributed by atoms with E-state index in [0.29, 0.717) is 5.76 Å². The fourth-order valence-corrected chi connectivity index (χ4v) is 2.29. The van der Waals surface area contributed by atoms with E-state index in [1.807, 2.05) is 54.6 Å². The second-order valence-corrected chi connectivity index (χ2v) is 4.75. The Morgan fingerprint density at radius 3 is 2.47 bits per heavy atom. The molecule has 0 fully saturated rings. The molecule has 2 aliphatic rings. The summed E-state index contributed by atoms with van der Waals surface area (Å²) in [5, 5.41) is -0.424. The predicted octanol–water partition coefficient (Wildman–Crippen LogP) is 4.36. The summed E-state index contributed by atoms with van der Waals surface area (Å²) in [7, 11) is 0. The lowest BCUT2D eigenvalue weighted by molar-refractivity contribution is -0.111. The van der Waals surface area contributed by atoms with Crippen LogP contribution in [0, 0.1) is 0 Å². The molecule has 19 heavy (non-hydrogen) atoms. The Hall–Kier alpha value is -2.06. The van der Waals surface area contributed by atoms with Crippen LogP contribution in [0.5, 0.6) is 0 Å². The highest BCUT2D eigenvalue weighted by atomic mass is 35.5. The van der Waals surface area contributed by atoms with Crippen LogP contribution in [0.4, 0.5) is 0 Å². The summed E-state index contributed by atoms with van der Waals surface area (Å²) < 4.78 is 5.79. The minimum Gasteiger partial charge on any atom is -0.460 e. The lowest BCUT2D eigenvalue weighted by Crippen LogP contribution is -1.97. The van der Waals surface area contributed by atoms with Crippen LogP contribution in [0.3, 0.4) is 0 Å². The van der Waals surface area contributed by atoms with Crippen LogP contribution in [0.25, 0.3) is 22.5 Å². The minimum absolute atomic E-state index is 0.0902. The average Bonchev–Trinajstić information content (AvgIpc) is 2.85. The molecule has 1 heterocycles. The summed E-state index contributed by atoms with van der Waals surface area (Å²) >= 11 is 5.50. The molecule has 0 unspecified atom stereocenters. The second-order valence-electron chi connectivity index (χ2n) is 4.33. The van der Waals surface area contributed by atoms with Gasteiger partial charge in [-0.05, 0) is 29.3 Å². The molecule has 0 radical (unpaired) electrons. The van der Waals surface area contributed by atoms with E-state index in [4.69, 9.17) is 16.0 Å². The highest BCUT2D eigenvalue weighted by Gasteiger charge is 2.15. The molecule has 0 atom stereocenters. The highest BCUT2D eigenvalue weighted by molar-refractivity contribution is 6.63. The van der Waals surface area contributed by atoms with Gasteiger partial charge in [-0.1, -0.05) is 42.5 Å². The normalized spacial score (nSPS) is 10.8. The Kier molecular flexibility index (Phi) is 3.10. The van der Waals surface area contributed by atoms with E-state index in [0.717, 1.165) is 22.5 Å². The predicted molar refractivity (Wildman–Crippen MR) is 75.3 cm³/mol. The van der Waals surface area contributed by atoms with Gasteiger partial charge in [0.25, 0.3) is 0 Å². The van der Waals surface area contributed by atoms with Crippen molar-refractivity contribution >= 4 is 16.8 Å². The third-order valence-corrected chi connectivity index (χ3v) is 3.16. The van der Waals surface area contributed by atoms with E-state index >= 15 is 0 Å². The molecule has 1 aromatic rings. The van der Waals surface area contributed by atoms with E-state index in [-0.39, 0.29) is 6.42 Å². The fourth-order valence-electron chi connectivity index (χ4n) is 2.17. The molecule has 0 N–H and O–H groups in total. The van der Waals surface area contributed by atoms with Crippen LogP contribution >= 0.6 is 11.6 Å². The lowest BCUT2D eigenvalue weighted by Gasteiger charge is -2.10. The van der Waals surface area contributed by atoms with Crippen LogP contribution in [0.2, 0.25) is 0 Å². The SMILES string of the molecule is O=C(Cl)Cc1oc2cccc-2cc1-c1ccccc1. The van der Waals surface area contributed by atoms with Gasteiger partial charge in [0.05, 0.1) is 6.42 Å². The summed E-state index contributed by atoms with van der Waals surface area (Å²) in [6.45, 7) is 0. The third kappa shape index (κ3) is 2.40. The number of rotatable bonds is 3. The summed E-state index contributed by atoms with van der Waals surface area (Å²) in [4.78, 5) is 11.2. The molecule has 0 spiro atoms. The molecule has 0 amide bonds. The number of hydrogen-bond acceptors (Lipinski definition) is 2. The van der Waals surface area contributed by atoms with Crippen molar-refractivity contribution in [1.82, 2.24) is 0 Å². The Morgan fingerprint density at radius 2 is 1.74 bits per heavy atom.